The van der Waals surface area contributed by atoms with Crippen LogP contribution in [0.25, 0.3) is 0 Å². The minimum Gasteiger partial charge on any atom is -0.350 e. The Hall–Kier alpha value is -2.66. The highest BCUT2D eigenvalue weighted by molar-refractivity contribution is 6.31. The van der Waals surface area contributed by atoms with E-state index in [2.05, 4.69) is 20.6 Å². The number of aryl methyl sites for hydroxylation is 2. The van der Waals surface area contributed by atoms with Gasteiger partial charge in [0.05, 0.1) is 0 Å². The average molecular weight is 357 g/mol. The number of benzene rings is 2. The third-order valence-corrected chi connectivity index (χ3v) is 4.07. The van der Waals surface area contributed by atoms with E-state index >= 15 is 0 Å². The summed E-state index contributed by atoms with van der Waals surface area (Å²) in [6, 6.07) is 13.9. The third kappa shape index (κ3) is 4.67. The van der Waals surface area contributed by atoms with E-state index in [-0.39, 0.29) is 5.82 Å². The second-order valence-corrected chi connectivity index (χ2v) is 6.19. The van der Waals surface area contributed by atoms with Crippen LogP contribution < -0.4 is 10.6 Å². The summed E-state index contributed by atoms with van der Waals surface area (Å²) in [6.45, 7) is 4.37. The maximum atomic E-state index is 13.0. The Morgan fingerprint density at radius 3 is 2.48 bits per heavy atom. The molecular weight excluding hydrogens is 339 g/mol. The molecule has 0 aliphatic carbocycles. The van der Waals surface area contributed by atoms with Crippen molar-refractivity contribution in [1.82, 2.24) is 9.97 Å². The molecule has 4 nitrogen and oxygen atoms in total. The summed E-state index contributed by atoms with van der Waals surface area (Å²) in [6.07, 6.45) is 0. The van der Waals surface area contributed by atoms with E-state index in [1.165, 1.54) is 12.1 Å². The van der Waals surface area contributed by atoms with E-state index in [1.54, 1.807) is 12.1 Å². The number of nitrogens with one attached hydrogen (secondary N) is 2. The molecule has 3 aromatic rings. The van der Waals surface area contributed by atoms with Gasteiger partial charge in [-0.1, -0.05) is 29.8 Å². The Balaban J connectivity index is 1.73. The fourth-order valence-corrected chi connectivity index (χ4v) is 2.49. The van der Waals surface area contributed by atoms with Crippen molar-refractivity contribution in [2.45, 2.75) is 20.4 Å². The van der Waals surface area contributed by atoms with E-state index in [0.717, 1.165) is 22.5 Å². The zero-order chi connectivity index (χ0) is 17.8. The lowest BCUT2D eigenvalue weighted by Gasteiger charge is -2.11. The van der Waals surface area contributed by atoms with Gasteiger partial charge in [0.1, 0.15) is 11.6 Å². The molecule has 0 atom stereocenters. The highest BCUT2D eigenvalue weighted by Gasteiger charge is 2.05. The lowest BCUT2D eigenvalue weighted by atomic mass is 10.2. The van der Waals surface area contributed by atoms with Crippen LogP contribution in [-0.2, 0) is 6.54 Å². The molecule has 0 unspecified atom stereocenters. The number of anilines is 3. The molecule has 0 amide bonds. The predicted octanol–water partition coefficient (Wildman–Crippen LogP) is 5.24. The fourth-order valence-electron chi connectivity index (χ4n) is 2.31. The van der Waals surface area contributed by atoms with Crippen molar-refractivity contribution in [3.05, 3.63) is 76.2 Å². The van der Waals surface area contributed by atoms with Gasteiger partial charge in [-0.05, 0) is 49.2 Å². The molecule has 3 rings (SSSR count). The van der Waals surface area contributed by atoms with Gasteiger partial charge in [-0.25, -0.2) is 9.37 Å². The summed E-state index contributed by atoms with van der Waals surface area (Å²) in [7, 11) is 0. The van der Waals surface area contributed by atoms with Crippen molar-refractivity contribution in [3.8, 4) is 0 Å². The van der Waals surface area contributed by atoms with Gasteiger partial charge in [0.25, 0.3) is 0 Å². The predicted molar refractivity (Wildman–Crippen MR) is 100.0 cm³/mol. The van der Waals surface area contributed by atoms with Gasteiger partial charge < -0.3 is 10.6 Å². The zero-order valence-corrected chi connectivity index (χ0v) is 14.7. The summed E-state index contributed by atoms with van der Waals surface area (Å²) in [4.78, 5) is 8.84. The largest absolute Gasteiger partial charge is 0.350 e. The van der Waals surface area contributed by atoms with E-state index in [0.29, 0.717) is 23.3 Å². The molecule has 25 heavy (non-hydrogen) atoms. The topological polar surface area (TPSA) is 49.8 Å². The Bertz CT molecular complexity index is 881. The van der Waals surface area contributed by atoms with Crippen molar-refractivity contribution in [2.75, 3.05) is 10.6 Å². The Kier molecular flexibility index (Phi) is 5.14. The summed E-state index contributed by atoms with van der Waals surface area (Å²) in [5.41, 5.74) is 3.66. The molecule has 2 N–H and O–H groups in total. The molecule has 0 aliphatic heterocycles. The maximum absolute atomic E-state index is 13.0. The van der Waals surface area contributed by atoms with Crippen molar-refractivity contribution in [1.29, 1.82) is 0 Å². The summed E-state index contributed by atoms with van der Waals surface area (Å²) < 4.78 is 13.0. The molecule has 0 saturated heterocycles. The van der Waals surface area contributed by atoms with Gasteiger partial charge in [-0.15, -0.1) is 0 Å². The standard InChI is InChI=1S/C19H18ClFN4/c1-12-3-8-16(10-17(12)20)24-18-9-13(2)23-19(25-18)22-11-14-4-6-15(21)7-5-14/h3-10H,11H2,1-2H3,(H2,22,23,24,25). The molecule has 1 heterocycles. The highest BCUT2D eigenvalue weighted by Crippen LogP contribution is 2.23. The molecule has 1 aromatic heterocycles. The van der Waals surface area contributed by atoms with E-state index < -0.39 is 0 Å². The molecule has 0 radical (unpaired) electrons. The molecular formula is C19H18ClFN4. The van der Waals surface area contributed by atoms with Crippen LogP contribution >= 0.6 is 11.6 Å². The molecule has 0 aliphatic rings. The molecule has 6 heteroatoms. The summed E-state index contributed by atoms with van der Waals surface area (Å²) in [5, 5.41) is 7.09. The first kappa shape index (κ1) is 17.2. The molecule has 2 aromatic carbocycles. The number of rotatable bonds is 5. The first-order valence-electron chi connectivity index (χ1n) is 7.87. The third-order valence-electron chi connectivity index (χ3n) is 3.66. The van der Waals surface area contributed by atoms with Crippen LogP contribution in [0.1, 0.15) is 16.8 Å². The molecule has 0 bridgehead atoms. The van der Waals surface area contributed by atoms with Gasteiger partial charge in [0, 0.05) is 29.0 Å². The number of hydrogen-bond donors (Lipinski definition) is 2. The molecule has 0 fully saturated rings. The molecule has 0 spiro atoms. The number of halogens is 2. The highest BCUT2D eigenvalue weighted by atomic mass is 35.5. The quantitative estimate of drug-likeness (QED) is 0.656. The normalized spacial score (nSPS) is 10.6. The van der Waals surface area contributed by atoms with Crippen molar-refractivity contribution in [2.24, 2.45) is 0 Å². The van der Waals surface area contributed by atoms with E-state index in [4.69, 9.17) is 11.6 Å². The first-order valence-corrected chi connectivity index (χ1v) is 8.24. The molecule has 0 saturated carbocycles. The number of aromatic nitrogens is 2. The van der Waals surface area contributed by atoms with Crippen LogP contribution in [0.5, 0.6) is 0 Å². The smallest absolute Gasteiger partial charge is 0.225 e. The van der Waals surface area contributed by atoms with E-state index in [1.807, 2.05) is 38.1 Å². The number of nitrogens with zero attached hydrogens (tertiary/aromatic N) is 2. The Labute approximate surface area is 151 Å². The van der Waals surface area contributed by atoms with Crippen molar-refractivity contribution in [3.63, 3.8) is 0 Å². The maximum Gasteiger partial charge on any atom is 0.225 e. The minimum absolute atomic E-state index is 0.251. The van der Waals surface area contributed by atoms with Gasteiger partial charge in [-0.2, -0.15) is 4.98 Å². The zero-order valence-electron chi connectivity index (χ0n) is 14.0. The van der Waals surface area contributed by atoms with Gasteiger partial charge in [0.15, 0.2) is 0 Å². The van der Waals surface area contributed by atoms with Gasteiger partial charge >= 0.3 is 0 Å². The van der Waals surface area contributed by atoms with Crippen molar-refractivity contribution < 1.29 is 4.39 Å². The van der Waals surface area contributed by atoms with Crippen LogP contribution in [0.2, 0.25) is 5.02 Å². The van der Waals surface area contributed by atoms with Crippen LogP contribution in [-0.4, -0.2) is 9.97 Å². The minimum atomic E-state index is -0.251. The average Bonchev–Trinajstić information content (AvgIpc) is 2.57. The Morgan fingerprint density at radius 1 is 1.00 bits per heavy atom. The van der Waals surface area contributed by atoms with Crippen LogP contribution in [0.3, 0.4) is 0 Å². The second-order valence-electron chi connectivity index (χ2n) is 5.79. The van der Waals surface area contributed by atoms with Crippen LogP contribution in [0.15, 0.2) is 48.5 Å². The summed E-state index contributed by atoms with van der Waals surface area (Å²) in [5.74, 6) is 0.929. The first-order chi connectivity index (χ1) is 12.0. The van der Waals surface area contributed by atoms with Crippen LogP contribution in [0, 0.1) is 19.7 Å². The SMILES string of the molecule is Cc1cc(Nc2ccc(C)c(Cl)c2)nc(NCc2ccc(F)cc2)n1. The van der Waals surface area contributed by atoms with Crippen LogP contribution in [0.4, 0.5) is 21.8 Å². The van der Waals surface area contributed by atoms with E-state index in [9.17, 15) is 4.39 Å². The summed E-state index contributed by atoms with van der Waals surface area (Å²) >= 11 is 6.16. The number of hydrogen-bond acceptors (Lipinski definition) is 4. The Morgan fingerprint density at radius 2 is 1.76 bits per heavy atom. The molecule has 128 valence electrons. The fraction of sp³-hybridized carbons (Fsp3) is 0.158. The second kappa shape index (κ2) is 7.49. The van der Waals surface area contributed by atoms with Gasteiger partial charge in [-0.3, -0.25) is 0 Å². The lowest BCUT2D eigenvalue weighted by molar-refractivity contribution is 0.627. The lowest BCUT2D eigenvalue weighted by Crippen LogP contribution is -2.06. The monoisotopic (exact) mass is 356 g/mol. The van der Waals surface area contributed by atoms with Gasteiger partial charge in [0.2, 0.25) is 5.95 Å². The van der Waals surface area contributed by atoms with Crippen molar-refractivity contribution >= 4 is 29.1 Å².